The van der Waals surface area contributed by atoms with E-state index in [1.165, 1.54) is 7.11 Å². The maximum atomic E-state index is 11.5. The summed E-state index contributed by atoms with van der Waals surface area (Å²) in [6, 6.07) is 0. The van der Waals surface area contributed by atoms with Crippen molar-refractivity contribution in [1.82, 2.24) is 9.97 Å². The third-order valence-corrected chi connectivity index (χ3v) is 1.88. The van der Waals surface area contributed by atoms with E-state index >= 15 is 0 Å². The van der Waals surface area contributed by atoms with Gasteiger partial charge < -0.3 is 14.8 Å². The van der Waals surface area contributed by atoms with E-state index in [4.69, 9.17) is 9.84 Å². The minimum absolute atomic E-state index is 0.183. The molecule has 0 unspecified atom stereocenters. The van der Waals surface area contributed by atoms with Gasteiger partial charge in [-0.3, -0.25) is 9.59 Å². The maximum Gasteiger partial charge on any atom is 0.308 e. The highest BCUT2D eigenvalue weighted by atomic mass is 16.5. The number of H-pyrrole nitrogens is 1. The van der Waals surface area contributed by atoms with Crippen LogP contribution in [-0.2, 0) is 22.6 Å². The summed E-state index contributed by atoms with van der Waals surface area (Å²) in [6.45, 7) is 1.80. The van der Waals surface area contributed by atoms with E-state index in [-0.39, 0.29) is 18.6 Å². The molecular weight excluding hydrogens is 200 g/mol. The van der Waals surface area contributed by atoms with E-state index in [0.717, 1.165) is 0 Å². The molecule has 1 aromatic heterocycles. The largest absolute Gasteiger partial charge is 0.481 e. The molecule has 0 radical (unpaired) electrons. The lowest BCUT2D eigenvalue weighted by molar-refractivity contribution is -0.136. The molecule has 0 saturated carbocycles. The number of aryl methyl sites for hydroxylation is 1. The fourth-order valence-electron chi connectivity index (χ4n) is 1.23. The van der Waals surface area contributed by atoms with Crippen LogP contribution < -0.4 is 5.56 Å². The van der Waals surface area contributed by atoms with Crippen molar-refractivity contribution in [3.8, 4) is 0 Å². The molecule has 0 atom stereocenters. The molecule has 0 amide bonds. The first kappa shape index (κ1) is 11.4. The molecule has 1 heterocycles. The average Bonchev–Trinajstić information content (AvgIpc) is 2.11. The number of aromatic nitrogens is 2. The van der Waals surface area contributed by atoms with Gasteiger partial charge in [-0.1, -0.05) is 0 Å². The van der Waals surface area contributed by atoms with Crippen LogP contribution in [0, 0.1) is 6.92 Å². The zero-order valence-corrected chi connectivity index (χ0v) is 8.53. The summed E-state index contributed by atoms with van der Waals surface area (Å²) in [4.78, 5) is 28.4. The standard InChI is InChI=1S/C9H12N2O4/c1-5-6(3-8(12)13)9(14)11-7(10-5)4-15-2/h3-4H2,1-2H3,(H,12,13)(H,10,11,14). The highest BCUT2D eigenvalue weighted by Gasteiger charge is 2.11. The number of aromatic amines is 1. The monoisotopic (exact) mass is 212 g/mol. The zero-order chi connectivity index (χ0) is 11.4. The quantitative estimate of drug-likeness (QED) is 0.724. The number of aliphatic carboxylic acids is 1. The molecule has 1 rings (SSSR count). The molecule has 1 aromatic rings. The fraction of sp³-hybridized carbons (Fsp3) is 0.444. The Bertz CT molecular complexity index is 425. The van der Waals surface area contributed by atoms with Gasteiger partial charge in [0.25, 0.3) is 5.56 Å². The van der Waals surface area contributed by atoms with E-state index in [1.807, 2.05) is 0 Å². The number of nitrogens with zero attached hydrogens (tertiary/aromatic N) is 1. The molecule has 0 fully saturated rings. The molecule has 0 aromatic carbocycles. The van der Waals surface area contributed by atoms with Crippen molar-refractivity contribution in [3.63, 3.8) is 0 Å². The van der Waals surface area contributed by atoms with Crippen molar-refractivity contribution in [3.05, 3.63) is 27.4 Å². The van der Waals surface area contributed by atoms with Crippen LogP contribution >= 0.6 is 0 Å². The van der Waals surface area contributed by atoms with Crippen LogP contribution in [-0.4, -0.2) is 28.2 Å². The van der Waals surface area contributed by atoms with Crippen molar-refractivity contribution in [2.24, 2.45) is 0 Å². The van der Waals surface area contributed by atoms with Crippen LogP contribution in [0.2, 0.25) is 0 Å². The Kier molecular flexibility index (Phi) is 3.56. The van der Waals surface area contributed by atoms with Crippen LogP contribution in [0.15, 0.2) is 4.79 Å². The number of methoxy groups -OCH3 is 1. The lowest BCUT2D eigenvalue weighted by atomic mass is 10.2. The Morgan fingerprint density at radius 2 is 2.27 bits per heavy atom. The fourth-order valence-corrected chi connectivity index (χ4v) is 1.23. The maximum absolute atomic E-state index is 11.5. The van der Waals surface area contributed by atoms with Gasteiger partial charge in [0.05, 0.1) is 6.42 Å². The van der Waals surface area contributed by atoms with Crippen LogP contribution in [0.25, 0.3) is 0 Å². The third kappa shape index (κ3) is 2.88. The van der Waals surface area contributed by atoms with Crippen molar-refractivity contribution in [2.45, 2.75) is 20.0 Å². The second-order valence-electron chi connectivity index (χ2n) is 3.08. The van der Waals surface area contributed by atoms with Crippen LogP contribution in [0.5, 0.6) is 0 Å². The van der Waals surface area contributed by atoms with Gasteiger partial charge in [-0.2, -0.15) is 0 Å². The number of nitrogens with one attached hydrogen (secondary N) is 1. The number of rotatable bonds is 4. The first-order valence-corrected chi connectivity index (χ1v) is 4.34. The normalized spacial score (nSPS) is 10.3. The Hall–Kier alpha value is -1.69. The van der Waals surface area contributed by atoms with E-state index in [2.05, 4.69) is 9.97 Å². The summed E-state index contributed by atoms with van der Waals surface area (Å²) in [5.41, 5.74) is 0.188. The van der Waals surface area contributed by atoms with E-state index in [0.29, 0.717) is 11.5 Å². The average molecular weight is 212 g/mol. The van der Waals surface area contributed by atoms with Gasteiger partial charge in [0, 0.05) is 18.4 Å². The van der Waals surface area contributed by atoms with Crippen LogP contribution in [0.3, 0.4) is 0 Å². The molecule has 15 heavy (non-hydrogen) atoms. The van der Waals surface area contributed by atoms with E-state index in [1.54, 1.807) is 6.92 Å². The Morgan fingerprint density at radius 3 is 2.73 bits per heavy atom. The summed E-state index contributed by atoms with van der Waals surface area (Å²) in [5, 5.41) is 8.58. The summed E-state index contributed by atoms with van der Waals surface area (Å²) < 4.78 is 4.81. The lowest BCUT2D eigenvalue weighted by Crippen LogP contribution is -2.21. The summed E-state index contributed by atoms with van der Waals surface area (Å²) in [7, 11) is 1.49. The van der Waals surface area contributed by atoms with Crippen LogP contribution in [0.4, 0.5) is 0 Å². The van der Waals surface area contributed by atoms with Crippen molar-refractivity contribution >= 4 is 5.97 Å². The van der Waals surface area contributed by atoms with Gasteiger partial charge in [-0.25, -0.2) is 4.98 Å². The van der Waals surface area contributed by atoms with Crippen molar-refractivity contribution < 1.29 is 14.6 Å². The highest BCUT2D eigenvalue weighted by molar-refractivity contribution is 5.70. The first-order valence-electron chi connectivity index (χ1n) is 4.34. The number of ether oxygens (including phenoxy) is 1. The molecular formula is C9H12N2O4. The molecule has 6 heteroatoms. The van der Waals surface area contributed by atoms with Gasteiger partial charge in [-0.15, -0.1) is 0 Å². The first-order chi connectivity index (χ1) is 7.04. The minimum Gasteiger partial charge on any atom is -0.481 e. The second-order valence-corrected chi connectivity index (χ2v) is 3.08. The molecule has 0 spiro atoms. The lowest BCUT2D eigenvalue weighted by Gasteiger charge is -2.04. The van der Waals surface area contributed by atoms with Gasteiger partial charge in [0.1, 0.15) is 12.4 Å². The SMILES string of the molecule is COCc1nc(C)c(CC(=O)O)c(=O)[nH]1. The molecule has 82 valence electrons. The molecule has 0 saturated heterocycles. The number of hydrogen-bond acceptors (Lipinski definition) is 4. The van der Waals surface area contributed by atoms with Gasteiger partial charge in [-0.05, 0) is 6.92 Å². The molecule has 0 aliphatic carbocycles. The molecule has 6 nitrogen and oxygen atoms in total. The smallest absolute Gasteiger partial charge is 0.308 e. The van der Waals surface area contributed by atoms with E-state index < -0.39 is 11.5 Å². The van der Waals surface area contributed by atoms with Crippen molar-refractivity contribution in [1.29, 1.82) is 0 Å². The molecule has 0 aliphatic rings. The molecule has 0 aliphatic heterocycles. The molecule has 0 bridgehead atoms. The minimum atomic E-state index is -1.05. The number of carboxylic acids is 1. The predicted octanol–water partition coefficient (Wildman–Crippen LogP) is -0.148. The number of carbonyl (C=O) groups is 1. The third-order valence-electron chi connectivity index (χ3n) is 1.88. The van der Waals surface area contributed by atoms with Crippen molar-refractivity contribution in [2.75, 3.05) is 7.11 Å². The zero-order valence-electron chi connectivity index (χ0n) is 8.53. The molecule has 2 N–H and O–H groups in total. The predicted molar refractivity (Wildman–Crippen MR) is 51.6 cm³/mol. The Labute approximate surface area is 85.9 Å². The Morgan fingerprint density at radius 1 is 1.60 bits per heavy atom. The van der Waals surface area contributed by atoms with E-state index in [9.17, 15) is 9.59 Å². The number of hydrogen-bond donors (Lipinski definition) is 2. The summed E-state index contributed by atoms with van der Waals surface area (Å²) >= 11 is 0. The highest BCUT2D eigenvalue weighted by Crippen LogP contribution is 2.00. The second kappa shape index (κ2) is 4.70. The van der Waals surface area contributed by atoms with Gasteiger partial charge in [0.15, 0.2) is 0 Å². The number of carboxylic acid groups (broad SMARTS) is 1. The van der Waals surface area contributed by atoms with Gasteiger partial charge >= 0.3 is 5.97 Å². The van der Waals surface area contributed by atoms with Gasteiger partial charge in [0.2, 0.25) is 0 Å². The van der Waals surface area contributed by atoms with Crippen LogP contribution in [0.1, 0.15) is 17.1 Å². The Balaban J connectivity index is 3.10. The summed E-state index contributed by atoms with van der Waals surface area (Å²) in [6.07, 6.45) is -0.318. The summed E-state index contributed by atoms with van der Waals surface area (Å²) in [5.74, 6) is -0.654. The topological polar surface area (TPSA) is 92.3 Å².